The highest BCUT2D eigenvalue weighted by atomic mass is 35.5. The normalized spacial score (nSPS) is 24.6. The highest BCUT2D eigenvalue weighted by molar-refractivity contribution is 6.42. The van der Waals surface area contributed by atoms with Gasteiger partial charge in [-0.2, -0.15) is 0 Å². The third-order valence-corrected chi connectivity index (χ3v) is 3.63. The van der Waals surface area contributed by atoms with Crippen LogP contribution in [0.3, 0.4) is 0 Å². The molecule has 0 radical (unpaired) electrons. The lowest BCUT2D eigenvalue weighted by Gasteiger charge is -2.14. The van der Waals surface area contributed by atoms with Gasteiger partial charge in [-0.25, -0.2) is 0 Å². The largest absolute Gasteiger partial charge is 0.480 e. The van der Waals surface area contributed by atoms with E-state index in [4.69, 9.17) is 28.3 Å². The number of halogens is 2. The Hall–Kier alpha value is -0.770. The maximum atomic E-state index is 10.8. The van der Waals surface area contributed by atoms with Crippen molar-refractivity contribution in [3.05, 3.63) is 33.8 Å². The van der Waals surface area contributed by atoms with Crippen LogP contribution in [-0.2, 0) is 4.79 Å². The van der Waals surface area contributed by atoms with Crippen LogP contribution in [0, 0.1) is 0 Å². The average Bonchev–Trinajstić information content (AvgIpc) is 2.71. The molecule has 3 nitrogen and oxygen atoms in total. The van der Waals surface area contributed by atoms with Crippen LogP contribution in [0.25, 0.3) is 0 Å². The number of rotatable bonds is 2. The molecule has 2 N–H and O–H groups in total. The molecule has 0 saturated carbocycles. The number of carbonyl (C=O) groups is 1. The lowest BCUT2D eigenvalue weighted by molar-refractivity contribution is -0.139. The van der Waals surface area contributed by atoms with Crippen LogP contribution in [0.4, 0.5) is 0 Å². The molecule has 2 unspecified atom stereocenters. The van der Waals surface area contributed by atoms with Crippen LogP contribution in [0.15, 0.2) is 18.2 Å². The second kappa shape index (κ2) is 4.62. The van der Waals surface area contributed by atoms with Gasteiger partial charge < -0.3 is 5.11 Å². The lowest BCUT2D eigenvalue weighted by Crippen LogP contribution is -2.31. The number of carboxylic acid groups (broad SMARTS) is 1. The number of hydrogen-bond acceptors (Lipinski definition) is 2. The number of hydrogen-bond donors (Lipinski definition) is 2. The quantitative estimate of drug-likeness (QED) is 0.859. The zero-order chi connectivity index (χ0) is 11.7. The van der Waals surface area contributed by atoms with Crippen molar-refractivity contribution >= 4 is 29.2 Å². The van der Waals surface area contributed by atoms with Crippen molar-refractivity contribution in [3.8, 4) is 0 Å². The molecule has 1 aromatic rings. The van der Waals surface area contributed by atoms with E-state index in [9.17, 15) is 4.79 Å². The number of carboxylic acids is 1. The molecule has 1 aliphatic rings. The molecule has 16 heavy (non-hydrogen) atoms. The predicted molar refractivity (Wildman–Crippen MR) is 63.0 cm³/mol. The third-order valence-electron chi connectivity index (χ3n) is 2.80. The second-order valence-electron chi connectivity index (χ2n) is 3.83. The highest BCUT2D eigenvalue weighted by Crippen LogP contribution is 2.34. The first kappa shape index (κ1) is 11.7. The Labute approximate surface area is 103 Å². The molecular weight excluding hydrogens is 249 g/mol. The zero-order valence-corrected chi connectivity index (χ0v) is 9.92. The first-order chi connectivity index (χ1) is 7.59. The minimum Gasteiger partial charge on any atom is -0.480 e. The maximum Gasteiger partial charge on any atom is 0.320 e. The zero-order valence-electron chi connectivity index (χ0n) is 8.41. The summed E-state index contributed by atoms with van der Waals surface area (Å²) < 4.78 is 0. The Morgan fingerprint density at radius 1 is 1.38 bits per heavy atom. The molecule has 2 rings (SSSR count). The van der Waals surface area contributed by atoms with Gasteiger partial charge in [0.25, 0.3) is 0 Å². The molecule has 1 saturated heterocycles. The van der Waals surface area contributed by atoms with E-state index in [1.807, 2.05) is 12.1 Å². The molecule has 1 fully saturated rings. The van der Waals surface area contributed by atoms with Crippen molar-refractivity contribution in [2.45, 2.75) is 24.9 Å². The molecule has 0 spiro atoms. The Bertz CT molecular complexity index is 422. The van der Waals surface area contributed by atoms with E-state index in [-0.39, 0.29) is 6.04 Å². The predicted octanol–water partition coefficient (Wildman–Crippen LogP) is 2.87. The molecule has 86 valence electrons. The molecular formula is C11H11Cl2NO2. The van der Waals surface area contributed by atoms with Crippen molar-refractivity contribution in [1.29, 1.82) is 0 Å². The van der Waals surface area contributed by atoms with Crippen LogP contribution >= 0.6 is 23.2 Å². The molecule has 0 aromatic heterocycles. The Kier molecular flexibility index (Phi) is 3.38. The summed E-state index contributed by atoms with van der Waals surface area (Å²) in [6, 6.07) is 4.90. The Morgan fingerprint density at radius 2 is 2.12 bits per heavy atom. The summed E-state index contributed by atoms with van der Waals surface area (Å²) in [6.07, 6.45) is 1.37. The van der Waals surface area contributed by atoms with Gasteiger partial charge >= 0.3 is 5.97 Å². The molecule has 1 heterocycles. The minimum atomic E-state index is -0.819. The molecule has 5 heteroatoms. The fourth-order valence-corrected chi connectivity index (χ4v) is 2.41. The van der Waals surface area contributed by atoms with Gasteiger partial charge in [0.15, 0.2) is 0 Å². The Balaban J connectivity index is 2.21. The van der Waals surface area contributed by atoms with Crippen molar-refractivity contribution in [1.82, 2.24) is 5.32 Å². The van der Waals surface area contributed by atoms with E-state index < -0.39 is 12.0 Å². The number of nitrogens with one attached hydrogen (secondary N) is 1. The van der Waals surface area contributed by atoms with E-state index in [2.05, 4.69) is 5.32 Å². The minimum absolute atomic E-state index is 0.0210. The van der Waals surface area contributed by atoms with E-state index >= 15 is 0 Å². The first-order valence-electron chi connectivity index (χ1n) is 5.02. The molecule has 0 bridgehead atoms. The standard InChI is InChI=1S/C11H11Cl2NO2/c12-7-3-1-2-6(10(7)13)8-4-5-9(14-8)11(15)16/h1-3,8-9,14H,4-5H2,(H,15,16). The van der Waals surface area contributed by atoms with Gasteiger partial charge in [0.05, 0.1) is 10.0 Å². The molecule has 1 aliphatic heterocycles. The Morgan fingerprint density at radius 3 is 2.75 bits per heavy atom. The van der Waals surface area contributed by atoms with Gasteiger partial charge in [-0.05, 0) is 24.5 Å². The molecule has 0 aliphatic carbocycles. The molecule has 1 aromatic carbocycles. The first-order valence-corrected chi connectivity index (χ1v) is 5.78. The molecule has 0 amide bonds. The van der Waals surface area contributed by atoms with Crippen molar-refractivity contribution < 1.29 is 9.90 Å². The van der Waals surface area contributed by atoms with Crippen molar-refractivity contribution in [2.24, 2.45) is 0 Å². The third kappa shape index (κ3) is 2.17. The lowest BCUT2D eigenvalue weighted by atomic mass is 10.1. The maximum absolute atomic E-state index is 10.8. The summed E-state index contributed by atoms with van der Waals surface area (Å²) in [6.45, 7) is 0. The summed E-state index contributed by atoms with van der Waals surface area (Å²) >= 11 is 12.0. The smallest absolute Gasteiger partial charge is 0.320 e. The summed E-state index contributed by atoms with van der Waals surface area (Å²) in [7, 11) is 0. The van der Waals surface area contributed by atoms with Gasteiger partial charge in [-0.15, -0.1) is 0 Å². The van der Waals surface area contributed by atoms with Gasteiger partial charge in [-0.1, -0.05) is 35.3 Å². The highest BCUT2D eigenvalue weighted by Gasteiger charge is 2.30. The van der Waals surface area contributed by atoms with Gasteiger partial charge in [0.1, 0.15) is 6.04 Å². The van der Waals surface area contributed by atoms with E-state index in [1.165, 1.54) is 0 Å². The van der Waals surface area contributed by atoms with Crippen LogP contribution < -0.4 is 5.32 Å². The van der Waals surface area contributed by atoms with Crippen LogP contribution in [-0.4, -0.2) is 17.1 Å². The fourth-order valence-electron chi connectivity index (χ4n) is 1.97. The van der Waals surface area contributed by atoms with Crippen molar-refractivity contribution in [2.75, 3.05) is 0 Å². The van der Waals surface area contributed by atoms with Crippen LogP contribution in [0.2, 0.25) is 10.0 Å². The van der Waals surface area contributed by atoms with Crippen molar-refractivity contribution in [3.63, 3.8) is 0 Å². The van der Waals surface area contributed by atoms with Gasteiger partial charge in [-0.3, -0.25) is 10.1 Å². The van der Waals surface area contributed by atoms with Gasteiger partial charge in [0, 0.05) is 6.04 Å². The molecule has 2 atom stereocenters. The van der Waals surface area contributed by atoms with Crippen LogP contribution in [0.1, 0.15) is 24.4 Å². The second-order valence-corrected chi connectivity index (χ2v) is 4.62. The summed E-state index contributed by atoms with van der Waals surface area (Å²) in [5.41, 5.74) is 0.873. The fraction of sp³-hybridized carbons (Fsp3) is 0.364. The van der Waals surface area contributed by atoms with Crippen LogP contribution in [0.5, 0.6) is 0 Å². The van der Waals surface area contributed by atoms with E-state index in [0.29, 0.717) is 16.5 Å². The average molecular weight is 260 g/mol. The topological polar surface area (TPSA) is 49.3 Å². The summed E-state index contributed by atoms with van der Waals surface area (Å²) in [4.78, 5) is 10.8. The number of benzene rings is 1. The van der Waals surface area contributed by atoms with E-state index in [1.54, 1.807) is 6.07 Å². The SMILES string of the molecule is O=C(O)C1CCC(c2cccc(Cl)c2Cl)N1. The monoisotopic (exact) mass is 259 g/mol. The number of aliphatic carboxylic acids is 1. The summed E-state index contributed by atoms with van der Waals surface area (Å²) in [5, 5.41) is 12.9. The summed E-state index contributed by atoms with van der Waals surface area (Å²) in [5.74, 6) is -0.819. The van der Waals surface area contributed by atoms with E-state index in [0.717, 1.165) is 12.0 Å². The van der Waals surface area contributed by atoms with Gasteiger partial charge in [0.2, 0.25) is 0 Å².